The van der Waals surface area contributed by atoms with E-state index in [0.29, 0.717) is 0 Å². The van der Waals surface area contributed by atoms with E-state index in [2.05, 4.69) is 26.0 Å². The third-order valence-corrected chi connectivity index (χ3v) is 2.48. The largest absolute Gasteiger partial charge is 0.493 e. The second kappa shape index (κ2) is 6.21. The van der Waals surface area contributed by atoms with Gasteiger partial charge in [0.25, 0.3) is 0 Å². The molecule has 0 bridgehead atoms. The van der Waals surface area contributed by atoms with E-state index in [0.717, 1.165) is 24.3 Å². The number of ether oxygens (including phenoxy) is 2. The lowest BCUT2D eigenvalue weighted by molar-refractivity contribution is 0.354. The molecule has 0 aliphatic carbocycles. The maximum absolute atomic E-state index is 5.27. The molecule has 1 rings (SSSR count). The van der Waals surface area contributed by atoms with Crippen LogP contribution in [0.5, 0.6) is 11.5 Å². The predicted octanol–water partition coefficient (Wildman–Crippen LogP) is 3.60. The lowest BCUT2D eigenvalue weighted by atomic mass is 10.1. The van der Waals surface area contributed by atoms with Crippen molar-refractivity contribution < 1.29 is 9.47 Å². The number of allylic oxidation sites excluding steroid dienone is 2. The number of hydrogen-bond donors (Lipinski definition) is 0. The van der Waals surface area contributed by atoms with Crippen molar-refractivity contribution in [3.8, 4) is 11.5 Å². The molecular formula is C14H20O2. The zero-order valence-corrected chi connectivity index (χ0v) is 10.5. The van der Waals surface area contributed by atoms with Crippen LogP contribution in [-0.4, -0.2) is 14.2 Å². The number of hydrogen-bond acceptors (Lipinski definition) is 2. The van der Waals surface area contributed by atoms with Crippen molar-refractivity contribution in [1.82, 2.24) is 0 Å². The summed E-state index contributed by atoms with van der Waals surface area (Å²) in [7, 11) is 3.32. The molecule has 0 aliphatic heterocycles. The van der Waals surface area contributed by atoms with Gasteiger partial charge in [-0.1, -0.05) is 24.6 Å². The summed E-state index contributed by atoms with van der Waals surface area (Å²) in [6, 6.07) is 6.06. The first-order valence-electron chi connectivity index (χ1n) is 5.57. The van der Waals surface area contributed by atoms with Crippen molar-refractivity contribution in [2.24, 2.45) is 0 Å². The van der Waals surface area contributed by atoms with Gasteiger partial charge in [-0.05, 0) is 37.5 Å². The van der Waals surface area contributed by atoms with E-state index < -0.39 is 0 Å². The molecule has 88 valence electrons. The summed E-state index contributed by atoms with van der Waals surface area (Å²) >= 11 is 0. The first-order chi connectivity index (χ1) is 7.71. The summed E-state index contributed by atoms with van der Waals surface area (Å²) in [5, 5.41) is 0. The molecule has 0 N–H and O–H groups in total. The van der Waals surface area contributed by atoms with Gasteiger partial charge < -0.3 is 9.47 Å². The van der Waals surface area contributed by atoms with Gasteiger partial charge in [-0.15, -0.1) is 0 Å². The fourth-order valence-corrected chi connectivity index (χ4v) is 1.73. The number of methoxy groups -OCH3 is 2. The maximum Gasteiger partial charge on any atom is 0.160 e. The van der Waals surface area contributed by atoms with E-state index >= 15 is 0 Å². The maximum atomic E-state index is 5.27. The van der Waals surface area contributed by atoms with Crippen LogP contribution in [0.4, 0.5) is 0 Å². The first-order valence-corrected chi connectivity index (χ1v) is 5.57. The SMILES string of the molecule is CC/C=C(/C)Cc1ccc(OC)c(OC)c1. The molecule has 0 saturated carbocycles. The van der Waals surface area contributed by atoms with Crippen LogP contribution in [0.25, 0.3) is 0 Å². The Morgan fingerprint density at radius 3 is 2.44 bits per heavy atom. The van der Waals surface area contributed by atoms with Gasteiger partial charge in [0.1, 0.15) is 0 Å². The molecule has 0 heterocycles. The highest BCUT2D eigenvalue weighted by Crippen LogP contribution is 2.28. The van der Waals surface area contributed by atoms with E-state index in [9.17, 15) is 0 Å². The molecule has 0 fully saturated rings. The smallest absolute Gasteiger partial charge is 0.160 e. The standard InChI is InChI=1S/C14H20O2/c1-5-6-11(2)9-12-7-8-13(15-3)14(10-12)16-4/h6-8,10H,5,9H2,1-4H3/b11-6-. The highest BCUT2D eigenvalue weighted by atomic mass is 16.5. The van der Waals surface area contributed by atoms with Crippen LogP contribution in [-0.2, 0) is 6.42 Å². The van der Waals surface area contributed by atoms with Crippen LogP contribution in [0.15, 0.2) is 29.8 Å². The molecule has 0 atom stereocenters. The zero-order valence-electron chi connectivity index (χ0n) is 10.5. The molecule has 0 radical (unpaired) electrons. The molecule has 0 aliphatic rings. The lowest BCUT2D eigenvalue weighted by Gasteiger charge is -2.09. The Kier molecular flexibility index (Phi) is 4.90. The molecule has 1 aromatic rings. The van der Waals surface area contributed by atoms with Gasteiger partial charge in [0.2, 0.25) is 0 Å². The van der Waals surface area contributed by atoms with Gasteiger partial charge in [0.05, 0.1) is 14.2 Å². The van der Waals surface area contributed by atoms with Crippen molar-refractivity contribution in [2.45, 2.75) is 26.7 Å². The summed E-state index contributed by atoms with van der Waals surface area (Å²) in [4.78, 5) is 0. The fraction of sp³-hybridized carbons (Fsp3) is 0.429. The lowest BCUT2D eigenvalue weighted by Crippen LogP contribution is -1.93. The Morgan fingerprint density at radius 1 is 1.19 bits per heavy atom. The normalized spacial score (nSPS) is 11.4. The number of benzene rings is 1. The minimum atomic E-state index is 0.781. The zero-order chi connectivity index (χ0) is 12.0. The van der Waals surface area contributed by atoms with E-state index in [1.54, 1.807) is 14.2 Å². The second-order valence-corrected chi connectivity index (χ2v) is 3.82. The van der Waals surface area contributed by atoms with Gasteiger partial charge >= 0.3 is 0 Å². The molecule has 0 unspecified atom stereocenters. The average Bonchev–Trinajstić information content (AvgIpc) is 2.29. The highest BCUT2D eigenvalue weighted by Gasteiger charge is 2.04. The van der Waals surface area contributed by atoms with Crippen molar-refractivity contribution in [2.75, 3.05) is 14.2 Å². The van der Waals surface area contributed by atoms with Crippen LogP contribution in [0.1, 0.15) is 25.8 Å². The molecule has 0 amide bonds. The number of rotatable bonds is 5. The van der Waals surface area contributed by atoms with Crippen LogP contribution in [0.2, 0.25) is 0 Å². The fourth-order valence-electron chi connectivity index (χ4n) is 1.73. The van der Waals surface area contributed by atoms with Gasteiger partial charge in [-0.25, -0.2) is 0 Å². The summed E-state index contributed by atoms with van der Waals surface area (Å²) in [6.07, 6.45) is 4.30. The summed E-state index contributed by atoms with van der Waals surface area (Å²) in [6.45, 7) is 4.30. The van der Waals surface area contributed by atoms with Crippen molar-refractivity contribution in [3.63, 3.8) is 0 Å². The second-order valence-electron chi connectivity index (χ2n) is 3.82. The molecule has 0 aromatic heterocycles. The Balaban J connectivity index is 2.87. The predicted molar refractivity (Wildman–Crippen MR) is 67.3 cm³/mol. The van der Waals surface area contributed by atoms with E-state index in [1.165, 1.54) is 11.1 Å². The summed E-state index contributed by atoms with van der Waals surface area (Å²) < 4.78 is 10.5. The van der Waals surface area contributed by atoms with Crippen LogP contribution < -0.4 is 9.47 Å². The van der Waals surface area contributed by atoms with Crippen molar-refractivity contribution >= 4 is 0 Å². The molecule has 0 spiro atoms. The summed E-state index contributed by atoms with van der Waals surface area (Å²) in [5.41, 5.74) is 2.63. The van der Waals surface area contributed by atoms with Crippen LogP contribution in [0.3, 0.4) is 0 Å². The van der Waals surface area contributed by atoms with Gasteiger partial charge in [-0.2, -0.15) is 0 Å². The van der Waals surface area contributed by atoms with Gasteiger partial charge in [0, 0.05) is 0 Å². The highest BCUT2D eigenvalue weighted by molar-refractivity contribution is 5.43. The molecular weight excluding hydrogens is 200 g/mol. The van der Waals surface area contributed by atoms with Crippen molar-refractivity contribution in [1.29, 1.82) is 0 Å². The molecule has 2 nitrogen and oxygen atoms in total. The molecule has 0 saturated heterocycles. The third-order valence-electron chi connectivity index (χ3n) is 2.48. The Morgan fingerprint density at radius 2 is 1.88 bits per heavy atom. The average molecular weight is 220 g/mol. The van der Waals surface area contributed by atoms with E-state index in [1.807, 2.05) is 12.1 Å². The topological polar surface area (TPSA) is 18.5 Å². The molecule has 16 heavy (non-hydrogen) atoms. The van der Waals surface area contributed by atoms with Crippen LogP contribution in [0, 0.1) is 0 Å². The Labute approximate surface area is 97.9 Å². The Hall–Kier alpha value is -1.44. The summed E-state index contributed by atoms with van der Waals surface area (Å²) in [5.74, 6) is 1.58. The van der Waals surface area contributed by atoms with Crippen LogP contribution >= 0.6 is 0 Å². The van der Waals surface area contributed by atoms with Crippen molar-refractivity contribution in [3.05, 3.63) is 35.4 Å². The quantitative estimate of drug-likeness (QED) is 0.706. The minimum absolute atomic E-state index is 0.781. The van der Waals surface area contributed by atoms with Gasteiger partial charge in [0.15, 0.2) is 11.5 Å². The monoisotopic (exact) mass is 220 g/mol. The first kappa shape index (κ1) is 12.6. The van der Waals surface area contributed by atoms with Gasteiger partial charge in [-0.3, -0.25) is 0 Å². The third kappa shape index (κ3) is 3.30. The minimum Gasteiger partial charge on any atom is -0.493 e. The Bertz CT molecular complexity index is 367. The van der Waals surface area contributed by atoms with E-state index in [4.69, 9.17) is 9.47 Å². The van der Waals surface area contributed by atoms with E-state index in [-0.39, 0.29) is 0 Å². The molecule has 1 aromatic carbocycles. The molecule has 2 heteroatoms.